The van der Waals surface area contributed by atoms with Gasteiger partial charge in [0.05, 0.1) is 6.54 Å². The average Bonchev–Trinajstić information content (AvgIpc) is 3.80. The summed E-state index contributed by atoms with van der Waals surface area (Å²) in [6, 6.07) is 9.00. The van der Waals surface area contributed by atoms with Gasteiger partial charge in [0, 0.05) is 42.6 Å². The molecule has 60 heavy (non-hydrogen) atoms. The summed E-state index contributed by atoms with van der Waals surface area (Å²) >= 11 is 1.44. The smallest absolute Gasteiger partial charge is 0.253 e. The number of para-hydroxylation sites is 1. The van der Waals surface area contributed by atoms with Gasteiger partial charge in [-0.3, -0.25) is 38.4 Å². The molecule has 18 heteroatoms. The Morgan fingerprint density at radius 3 is 2.10 bits per heavy atom. The second-order valence-corrected chi connectivity index (χ2v) is 16.3. The summed E-state index contributed by atoms with van der Waals surface area (Å²) in [5.74, 6) is -5.26. The number of nitrogens with two attached hydrogens (primary N) is 1. The second kappa shape index (κ2) is 21.2. The zero-order valence-electron chi connectivity index (χ0n) is 33.8. The number of benzene rings is 2. The summed E-state index contributed by atoms with van der Waals surface area (Å²) in [7, 11) is 0. The van der Waals surface area contributed by atoms with Crippen molar-refractivity contribution in [1.82, 2.24) is 41.8 Å². The lowest BCUT2D eigenvalue weighted by atomic mass is 10.0. The van der Waals surface area contributed by atoms with Crippen molar-refractivity contribution < 1.29 is 38.4 Å². The molecular formula is C42H53N9O8S. The molecule has 3 heterocycles. The fourth-order valence-electron chi connectivity index (χ4n) is 7.11. The van der Waals surface area contributed by atoms with Crippen molar-refractivity contribution in [2.24, 2.45) is 11.7 Å². The number of carbonyl (C=O) groups excluding carboxylic acids is 8. The zero-order chi connectivity index (χ0) is 43.3. The molecule has 2 aromatic carbocycles. The molecule has 3 aromatic rings. The lowest BCUT2D eigenvalue weighted by Gasteiger charge is -2.30. The van der Waals surface area contributed by atoms with Crippen LogP contribution >= 0.6 is 11.8 Å². The number of carbonyl (C=O) groups is 8. The Labute approximate surface area is 352 Å². The number of aromatic nitrogens is 1. The van der Waals surface area contributed by atoms with E-state index < -0.39 is 90.1 Å². The van der Waals surface area contributed by atoms with Gasteiger partial charge in [-0.1, -0.05) is 62.4 Å². The molecule has 1 fully saturated rings. The van der Waals surface area contributed by atoms with Crippen LogP contribution < -0.4 is 37.6 Å². The van der Waals surface area contributed by atoms with E-state index in [4.69, 9.17) is 5.73 Å². The SMILES string of the molecule is CSCC[C@@H]1NC(=O)[C@H](CC(C)C)N2C=C[C@@H](NC(=O)[C@H](Cc3ccccc3)NC(=O)[C@@H](Cc3c[nH]c4ccccc34)NC(=O)[C@H](CCC(N)=O)NC(=O)CNC1=O)C2=O. The van der Waals surface area contributed by atoms with Crippen LogP contribution in [-0.2, 0) is 51.2 Å². The Hall–Kier alpha value is -6.17. The molecule has 0 spiro atoms. The van der Waals surface area contributed by atoms with E-state index in [1.54, 1.807) is 36.5 Å². The highest BCUT2D eigenvalue weighted by Crippen LogP contribution is 2.21. The summed E-state index contributed by atoms with van der Waals surface area (Å²) in [5.41, 5.74) is 7.56. The Bertz CT molecular complexity index is 2090. The van der Waals surface area contributed by atoms with Crippen molar-refractivity contribution in [3.05, 3.63) is 84.2 Å². The van der Waals surface area contributed by atoms with E-state index in [9.17, 15) is 38.4 Å². The number of amides is 8. The van der Waals surface area contributed by atoms with Gasteiger partial charge in [0.2, 0.25) is 41.4 Å². The molecule has 9 N–H and O–H groups in total. The fraction of sp³-hybridized carbons (Fsp3) is 0.429. The summed E-state index contributed by atoms with van der Waals surface area (Å²) < 4.78 is 0. The van der Waals surface area contributed by atoms with Crippen LogP contribution in [0.5, 0.6) is 0 Å². The van der Waals surface area contributed by atoms with E-state index in [1.165, 1.54) is 28.9 Å². The first kappa shape index (κ1) is 44.9. The van der Waals surface area contributed by atoms with Gasteiger partial charge in [0.15, 0.2) is 0 Å². The number of thioether (sulfide) groups is 1. The van der Waals surface area contributed by atoms with Gasteiger partial charge in [0.25, 0.3) is 5.91 Å². The molecule has 1 aromatic heterocycles. The Morgan fingerprint density at radius 1 is 0.767 bits per heavy atom. The molecule has 17 nitrogen and oxygen atoms in total. The topological polar surface area (TPSA) is 254 Å². The highest BCUT2D eigenvalue weighted by Gasteiger charge is 2.39. The second-order valence-electron chi connectivity index (χ2n) is 15.3. The van der Waals surface area contributed by atoms with Crippen LogP contribution in [0.3, 0.4) is 0 Å². The van der Waals surface area contributed by atoms with Crippen LogP contribution in [0, 0.1) is 5.92 Å². The van der Waals surface area contributed by atoms with Crippen molar-refractivity contribution in [3.63, 3.8) is 0 Å². The molecule has 0 unspecified atom stereocenters. The van der Waals surface area contributed by atoms with E-state index in [1.807, 2.05) is 44.4 Å². The van der Waals surface area contributed by atoms with Crippen LogP contribution in [0.15, 0.2) is 73.1 Å². The highest BCUT2D eigenvalue weighted by atomic mass is 32.2. The first-order valence-corrected chi connectivity index (χ1v) is 21.3. The molecule has 5 rings (SSSR count). The van der Waals surface area contributed by atoms with Gasteiger partial charge in [-0.05, 0) is 60.5 Å². The molecule has 2 bridgehead atoms. The number of rotatable bonds is 12. The van der Waals surface area contributed by atoms with Crippen molar-refractivity contribution in [2.45, 2.75) is 88.6 Å². The maximum atomic E-state index is 14.4. The molecule has 0 saturated carbocycles. The third-order valence-corrected chi connectivity index (χ3v) is 10.9. The number of primary amides is 1. The van der Waals surface area contributed by atoms with Crippen molar-refractivity contribution in [3.8, 4) is 0 Å². The molecular weight excluding hydrogens is 791 g/mol. The summed E-state index contributed by atoms with van der Waals surface area (Å²) in [4.78, 5) is 114. The zero-order valence-corrected chi connectivity index (χ0v) is 34.6. The Kier molecular flexibility index (Phi) is 15.9. The van der Waals surface area contributed by atoms with Crippen molar-refractivity contribution in [1.29, 1.82) is 0 Å². The number of hydrogen-bond donors (Lipinski definition) is 8. The number of aromatic amines is 1. The number of hydrogen-bond acceptors (Lipinski definition) is 9. The molecule has 320 valence electrons. The van der Waals surface area contributed by atoms with Crippen LogP contribution in [0.2, 0.25) is 0 Å². The molecule has 8 amide bonds. The first-order valence-electron chi connectivity index (χ1n) is 19.9. The molecule has 1 saturated heterocycles. The van der Waals surface area contributed by atoms with Crippen molar-refractivity contribution >= 4 is 69.9 Å². The predicted octanol–water partition coefficient (Wildman–Crippen LogP) is 0.296. The van der Waals surface area contributed by atoms with Gasteiger partial charge in [-0.25, -0.2) is 0 Å². The highest BCUT2D eigenvalue weighted by molar-refractivity contribution is 7.98. The molecule has 0 aliphatic carbocycles. The third kappa shape index (κ3) is 12.2. The standard InChI is InChI=1S/C42H53N9O8S/c1-24(2)19-34-41(58)47-30(16-18-60-3)37(54)45-23-36(53)46-29(13-14-35(43)52)38(55)50-33(21-26-22-44-28-12-8-7-11-27(26)28)40(57)49-32(20-25-9-5-4-6-10-25)39(56)48-31-15-17-51(34)42(31)59/h4-12,15,17,22,24,29-34,44H,13-14,16,18-21,23H2,1-3H3,(H2,43,52)(H,45,54)(H,46,53)(H,47,58)(H,48,56)(H,49,57)(H,50,55)/t29-,30-,31+,32-,33+,34-/m0/s1. The minimum Gasteiger partial charge on any atom is -0.370 e. The van der Waals surface area contributed by atoms with Crippen LogP contribution in [0.4, 0.5) is 0 Å². The average molecular weight is 844 g/mol. The van der Waals surface area contributed by atoms with Crippen LogP contribution in [0.25, 0.3) is 10.9 Å². The minimum atomic E-state index is -1.37. The number of nitrogens with one attached hydrogen (secondary N) is 7. The molecule has 0 radical (unpaired) electrons. The van der Waals surface area contributed by atoms with Gasteiger partial charge < -0.3 is 47.5 Å². The predicted molar refractivity (Wildman–Crippen MR) is 225 cm³/mol. The molecule has 2 aliphatic rings. The minimum absolute atomic E-state index is 0.00857. The molecule has 6 atom stereocenters. The van der Waals surface area contributed by atoms with E-state index in [2.05, 4.69) is 36.9 Å². The normalized spacial score (nSPS) is 23.6. The Morgan fingerprint density at radius 2 is 1.40 bits per heavy atom. The van der Waals surface area contributed by atoms with Crippen LogP contribution in [-0.4, -0.2) is 112 Å². The largest absolute Gasteiger partial charge is 0.370 e. The van der Waals surface area contributed by atoms with E-state index >= 15 is 0 Å². The summed E-state index contributed by atoms with van der Waals surface area (Å²) in [6.45, 7) is 3.17. The quantitative estimate of drug-likeness (QED) is 0.125. The van der Waals surface area contributed by atoms with Gasteiger partial charge in [-0.2, -0.15) is 11.8 Å². The van der Waals surface area contributed by atoms with Crippen molar-refractivity contribution in [2.75, 3.05) is 18.6 Å². The monoisotopic (exact) mass is 843 g/mol. The third-order valence-electron chi connectivity index (χ3n) is 10.2. The number of nitrogens with zero attached hydrogens (tertiary/aromatic N) is 1. The van der Waals surface area contributed by atoms with Gasteiger partial charge >= 0.3 is 0 Å². The molecule has 2 aliphatic heterocycles. The van der Waals surface area contributed by atoms with Gasteiger partial charge in [0.1, 0.15) is 36.3 Å². The van der Waals surface area contributed by atoms with E-state index in [-0.39, 0.29) is 44.4 Å². The summed E-state index contributed by atoms with van der Waals surface area (Å²) in [6.07, 6.45) is 6.27. The maximum absolute atomic E-state index is 14.4. The fourth-order valence-corrected chi connectivity index (χ4v) is 7.58. The number of fused-ring (bicyclic) bond motifs is 3. The summed E-state index contributed by atoms with van der Waals surface area (Å²) in [5, 5.41) is 16.9. The number of H-pyrrole nitrogens is 1. The first-order chi connectivity index (χ1) is 28.7. The Balaban J connectivity index is 1.53. The van der Waals surface area contributed by atoms with Crippen LogP contribution in [0.1, 0.15) is 50.7 Å². The maximum Gasteiger partial charge on any atom is 0.253 e. The van der Waals surface area contributed by atoms with E-state index in [0.29, 0.717) is 16.9 Å². The lowest BCUT2D eigenvalue weighted by molar-refractivity contribution is -0.140. The van der Waals surface area contributed by atoms with Gasteiger partial charge in [-0.15, -0.1) is 0 Å². The lowest BCUT2D eigenvalue weighted by Crippen LogP contribution is -2.59. The van der Waals surface area contributed by atoms with E-state index in [0.717, 1.165) is 10.9 Å².